The van der Waals surface area contributed by atoms with Gasteiger partial charge in [-0.2, -0.15) is 5.10 Å². The van der Waals surface area contributed by atoms with Crippen molar-refractivity contribution in [1.82, 2.24) is 15.1 Å². The SMILES string of the molecule is COc1ccc(C)cc1[C@@H](C)NC(=O)Cn1nc(C)c2ccccc2c1=O. The van der Waals surface area contributed by atoms with Crippen molar-refractivity contribution in [2.75, 3.05) is 7.11 Å². The molecule has 3 aromatic rings. The number of hydrogen-bond acceptors (Lipinski definition) is 4. The zero-order valence-corrected chi connectivity index (χ0v) is 15.9. The number of ether oxygens (including phenoxy) is 1. The van der Waals surface area contributed by atoms with E-state index < -0.39 is 0 Å². The molecule has 0 aliphatic rings. The average Bonchev–Trinajstić information content (AvgIpc) is 2.65. The number of methoxy groups -OCH3 is 1. The van der Waals surface area contributed by atoms with E-state index in [9.17, 15) is 9.59 Å². The highest BCUT2D eigenvalue weighted by atomic mass is 16.5. The van der Waals surface area contributed by atoms with E-state index in [1.807, 2.05) is 51.1 Å². The van der Waals surface area contributed by atoms with E-state index in [1.54, 1.807) is 19.2 Å². The first-order valence-corrected chi connectivity index (χ1v) is 8.81. The number of nitrogens with zero attached hydrogens (tertiary/aromatic N) is 2. The van der Waals surface area contributed by atoms with Gasteiger partial charge in [-0.1, -0.05) is 35.9 Å². The number of carbonyl (C=O) groups is 1. The monoisotopic (exact) mass is 365 g/mol. The number of aromatic nitrogens is 2. The lowest BCUT2D eigenvalue weighted by molar-refractivity contribution is -0.122. The van der Waals surface area contributed by atoms with E-state index in [0.717, 1.165) is 16.5 Å². The molecule has 0 aliphatic heterocycles. The van der Waals surface area contributed by atoms with E-state index >= 15 is 0 Å². The van der Waals surface area contributed by atoms with Gasteiger partial charge in [-0.25, -0.2) is 4.68 Å². The Morgan fingerprint density at radius 1 is 1.19 bits per heavy atom. The summed E-state index contributed by atoms with van der Waals surface area (Å²) in [5.41, 5.74) is 2.41. The minimum Gasteiger partial charge on any atom is -0.496 e. The molecule has 140 valence electrons. The van der Waals surface area contributed by atoms with Gasteiger partial charge in [0.1, 0.15) is 12.3 Å². The van der Waals surface area contributed by atoms with E-state index in [4.69, 9.17) is 4.74 Å². The number of hydrogen-bond donors (Lipinski definition) is 1. The molecule has 2 aromatic carbocycles. The van der Waals surface area contributed by atoms with Crippen LogP contribution in [0.1, 0.15) is 29.8 Å². The van der Waals surface area contributed by atoms with Gasteiger partial charge in [-0.05, 0) is 32.9 Å². The number of carbonyl (C=O) groups excluding carboxylic acids is 1. The minimum atomic E-state index is -0.282. The second-order valence-corrected chi connectivity index (χ2v) is 6.63. The number of benzene rings is 2. The van der Waals surface area contributed by atoms with Crippen LogP contribution in [0.3, 0.4) is 0 Å². The third-order valence-corrected chi connectivity index (χ3v) is 4.57. The standard InChI is InChI=1S/C21H23N3O3/c1-13-9-10-19(27-4)18(11-13)14(2)22-20(25)12-24-21(26)17-8-6-5-7-16(17)15(3)23-24/h5-11,14H,12H2,1-4H3,(H,22,25)/t14-/m1/s1. The molecule has 0 saturated heterocycles. The van der Waals surface area contributed by atoms with Crippen molar-refractivity contribution in [3.63, 3.8) is 0 Å². The summed E-state index contributed by atoms with van der Waals surface area (Å²) in [5.74, 6) is 0.431. The molecule has 1 atom stereocenters. The molecule has 6 heteroatoms. The predicted molar refractivity (Wildman–Crippen MR) is 105 cm³/mol. The van der Waals surface area contributed by atoms with Gasteiger partial charge in [0.25, 0.3) is 5.56 Å². The Kier molecular flexibility index (Phi) is 5.26. The second-order valence-electron chi connectivity index (χ2n) is 6.63. The predicted octanol–water partition coefficient (Wildman–Crippen LogP) is 2.90. The van der Waals surface area contributed by atoms with Crippen LogP contribution in [0.5, 0.6) is 5.75 Å². The smallest absolute Gasteiger partial charge is 0.275 e. The summed E-state index contributed by atoms with van der Waals surface area (Å²) in [4.78, 5) is 25.1. The van der Waals surface area contributed by atoms with Gasteiger partial charge in [-0.15, -0.1) is 0 Å². The maximum absolute atomic E-state index is 12.6. The van der Waals surface area contributed by atoms with Crippen molar-refractivity contribution in [3.05, 3.63) is 69.6 Å². The van der Waals surface area contributed by atoms with Gasteiger partial charge < -0.3 is 10.1 Å². The lowest BCUT2D eigenvalue weighted by atomic mass is 10.0. The number of nitrogens with one attached hydrogen (secondary N) is 1. The number of amides is 1. The van der Waals surface area contributed by atoms with Crippen LogP contribution in [0.2, 0.25) is 0 Å². The van der Waals surface area contributed by atoms with Crippen LogP contribution < -0.4 is 15.6 Å². The fourth-order valence-corrected chi connectivity index (χ4v) is 3.20. The minimum absolute atomic E-state index is 0.136. The molecule has 6 nitrogen and oxygen atoms in total. The largest absolute Gasteiger partial charge is 0.496 e. The lowest BCUT2D eigenvalue weighted by Crippen LogP contribution is -2.35. The number of aryl methyl sites for hydroxylation is 2. The summed E-state index contributed by atoms with van der Waals surface area (Å²) >= 11 is 0. The van der Waals surface area contributed by atoms with E-state index in [0.29, 0.717) is 16.8 Å². The van der Waals surface area contributed by atoms with Gasteiger partial charge in [0.15, 0.2) is 0 Å². The molecule has 0 fully saturated rings. The van der Waals surface area contributed by atoms with Gasteiger partial charge in [-0.3, -0.25) is 9.59 Å². The third kappa shape index (κ3) is 3.84. The van der Waals surface area contributed by atoms with Crippen LogP contribution in [0.4, 0.5) is 0 Å². The molecule has 0 unspecified atom stereocenters. The van der Waals surface area contributed by atoms with Crippen LogP contribution in [-0.4, -0.2) is 22.8 Å². The van der Waals surface area contributed by atoms with Gasteiger partial charge in [0.05, 0.1) is 24.2 Å². The third-order valence-electron chi connectivity index (χ3n) is 4.57. The number of fused-ring (bicyclic) bond motifs is 1. The highest BCUT2D eigenvalue weighted by Gasteiger charge is 2.16. The van der Waals surface area contributed by atoms with Crippen molar-refractivity contribution in [2.45, 2.75) is 33.4 Å². The molecule has 3 rings (SSSR count). The van der Waals surface area contributed by atoms with E-state index in [-0.39, 0.29) is 24.1 Å². The number of rotatable bonds is 5. The molecule has 0 bridgehead atoms. The summed E-state index contributed by atoms with van der Waals surface area (Å²) in [6.45, 7) is 5.56. The van der Waals surface area contributed by atoms with Crippen LogP contribution in [0.25, 0.3) is 10.8 Å². The summed E-state index contributed by atoms with van der Waals surface area (Å²) < 4.78 is 6.60. The second kappa shape index (κ2) is 7.61. The van der Waals surface area contributed by atoms with Gasteiger partial charge >= 0.3 is 0 Å². The van der Waals surface area contributed by atoms with Crippen molar-refractivity contribution < 1.29 is 9.53 Å². The Balaban J connectivity index is 1.82. The fourth-order valence-electron chi connectivity index (χ4n) is 3.20. The molecule has 0 radical (unpaired) electrons. The zero-order valence-electron chi connectivity index (χ0n) is 15.9. The average molecular weight is 365 g/mol. The van der Waals surface area contributed by atoms with Crippen molar-refractivity contribution in [1.29, 1.82) is 0 Å². The fraction of sp³-hybridized carbons (Fsp3) is 0.286. The Morgan fingerprint density at radius 2 is 1.89 bits per heavy atom. The zero-order chi connectivity index (χ0) is 19.6. The van der Waals surface area contributed by atoms with Crippen LogP contribution in [0, 0.1) is 13.8 Å². The Hall–Kier alpha value is -3.15. The summed E-state index contributed by atoms with van der Waals surface area (Å²) in [6, 6.07) is 12.8. The molecule has 27 heavy (non-hydrogen) atoms. The Morgan fingerprint density at radius 3 is 2.59 bits per heavy atom. The quantitative estimate of drug-likeness (QED) is 0.754. The van der Waals surface area contributed by atoms with Gasteiger partial charge in [0.2, 0.25) is 5.91 Å². The summed E-state index contributed by atoms with van der Waals surface area (Å²) in [6.07, 6.45) is 0. The van der Waals surface area contributed by atoms with E-state index in [2.05, 4.69) is 10.4 Å². The molecular formula is C21H23N3O3. The first kappa shape index (κ1) is 18.6. The van der Waals surface area contributed by atoms with Crippen LogP contribution in [-0.2, 0) is 11.3 Å². The lowest BCUT2D eigenvalue weighted by Gasteiger charge is -2.18. The topological polar surface area (TPSA) is 73.2 Å². The molecule has 0 saturated carbocycles. The summed E-state index contributed by atoms with van der Waals surface area (Å²) in [5, 5.41) is 8.57. The molecule has 1 amide bonds. The Labute approximate surface area is 157 Å². The van der Waals surface area contributed by atoms with Crippen LogP contribution >= 0.6 is 0 Å². The summed E-state index contributed by atoms with van der Waals surface area (Å²) in [7, 11) is 1.60. The molecule has 1 aromatic heterocycles. The van der Waals surface area contributed by atoms with Crippen molar-refractivity contribution in [3.8, 4) is 5.75 Å². The highest BCUT2D eigenvalue weighted by Crippen LogP contribution is 2.26. The maximum atomic E-state index is 12.6. The van der Waals surface area contributed by atoms with E-state index in [1.165, 1.54) is 4.68 Å². The maximum Gasteiger partial charge on any atom is 0.275 e. The molecule has 1 heterocycles. The first-order chi connectivity index (χ1) is 12.9. The molecule has 1 N–H and O–H groups in total. The van der Waals surface area contributed by atoms with Crippen molar-refractivity contribution in [2.24, 2.45) is 0 Å². The molecular weight excluding hydrogens is 342 g/mol. The molecule has 0 aliphatic carbocycles. The van der Waals surface area contributed by atoms with Crippen molar-refractivity contribution >= 4 is 16.7 Å². The molecule has 0 spiro atoms. The van der Waals surface area contributed by atoms with Crippen LogP contribution in [0.15, 0.2) is 47.3 Å². The highest BCUT2D eigenvalue weighted by molar-refractivity contribution is 5.83. The van der Waals surface area contributed by atoms with Gasteiger partial charge in [0, 0.05) is 10.9 Å². The Bertz CT molecular complexity index is 1060. The first-order valence-electron chi connectivity index (χ1n) is 8.81. The normalized spacial score (nSPS) is 12.0.